The van der Waals surface area contributed by atoms with E-state index in [9.17, 15) is 4.79 Å². The Labute approximate surface area is 155 Å². The Hall–Kier alpha value is -2.44. The van der Waals surface area contributed by atoms with Crippen LogP contribution in [-0.2, 0) is 4.79 Å². The summed E-state index contributed by atoms with van der Waals surface area (Å²) in [6.45, 7) is 3.61. The highest BCUT2D eigenvalue weighted by atomic mass is 35.5. The molecule has 3 aromatic rings. The molecule has 0 atom stereocenters. The van der Waals surface area contributed by atoms with Gasteiger partial charge < -0.3 is 15.1 Å². The topological polar surface area (TPSA) is 67.2 Å². The lowest BCUT2D eigenvalue weighted by Crippen LogP contribution is -2.36. The van der Waals surface area contributed by atoms with Gasteiger partial charge in [0.2, 0.25) is 11.8 Å². The minimum Gasteiger partial charge on any atom is -0.436 e. The van der Waals surface area contributed by atoms with E-state index >= 15 is 0 Å². The second-order valence-corrected chi connectivity index (χ2v) is 6.65. The van der Waals surface area contributed by atoms with E-state index in [2.05, 4.69) is 15.6 Å². The van der Waals surface area contributed by atoms with Gasteiger partial charge in [-0.05, 0) is 54.7 Å². The van der Waals surface area contributed by atoms with E-state index in [1.165, 1.54) is 0 Å². The molecular formula is C18H16ClN3O2S. The number of amides is 1. The number of oxazole rings is 1. The summed E-state index contributed by atoms with van der Waals surface area (Å²) in [6.07, 6.45) is 0. The normalized spacial score (nSPS) is 10.9. The van der Waals surface area contributed by atoms with Crippen molar-refractivity contribution in [2.75, 3.05) is 5.32 Å². The first-order valence-corrected chi connectivity index (χ1v) is 8.49. The molecule has 128 valence electrons. The van der Waals surface area contributed by atoms with Crippen LogP contribution in [0, 0.1) is 5.92 Å². The molecule has 0 saturated carbocycles. The zero-order valence-corrected chi connectivity index (χ0v) is 15.2. The van der Waals surface area contributed by atoms with Crippen molar-refractivity contribution in [2.24, 2.45) is 5.92 Å². The van der Waals surface area contributed by atoms with Crippen molar-refractivity contribution in [3.05, 3.63) is 47.5 Å². The van der Waals surface area contributed by atoms with Crippen molar-refractivity contribution in [3.8, 4) is 11.5 Å². The van der Waals surface area contributed by atoms with E-state index in [0.29, 0.717) is 22.0 Å². The summed E-state index contributed by atoms with van der Waals surface area (Å²) < 4.78 is 5.77. The van der Waals surface area contributed by atoms with Crippen molar-refractivity contribution >= 4 is 51.6 Å². The lowest BCUT2D eigenvalue weighted by molar-refractivity contribution is -0.122. The van der Waals surface area contributed by atoms with E-state index in [1.54, 1.807) is 32.0 Å². The van der Waals surface area contributed by atoms with E-state index < -0.39 is 0 Å². The van der Waals surface area contributed by atoms with Gasteiger partial charge in [-0.25, -0.2) is 4.98 Å². The first-order chi connectivity index (χ1) is 11.9. The fourth-order valence-corrected chi connectivity index (χ4v) is 2.48. The third-order valence-corrected chi connectivity index (χ3v) is 3.95. The second kappa shape index (κ2) is 7.21. The molecule has 1 heterocycles. The number of aromatic nitrogens is 1. The van der Waals surface area contributed by atoms with Gasteiger partial charge in [-0.1, -0.05) is 25.4 Å². The number of nitrogens with zero attached hydrogens (tertiary/aromatic N) is 1. The molecule has 3 rings (SSSR count). The van der Waals surface area contributed by atoms with Crippen LogP contribution in [0.15, 0.2) is 46.9 Å². The van der Waals surface area contributed by atoms with Gasteiger partial charge in [0, 0.05) is 22.2 Å². The Bertz CT molecular complexity index is 935. The molecule has 1 aromatic heterocycles. The monoisotopic (exact) mass is 373 g/mol. The summed E-state index contributed by atoms with van der Waals surface area (Å²) >= 11 is 11.0. The molecule has 0 unspecified atom stereocenters. The molecule has 0 fully saturated rings. The minimum atomic E-state index is -0.139. The number of thiocarbonyl (C=S) groups is 1. The first kappa shape index (κ1) is 17.4. The summed E-state index contributed by atoms with van der Waals surface area (Å²) in [4.78, 5) is 16.2. The molecule has 1 amide bonds. The van der Waals surface area contributed by atoms with Crippen LogP contribution in [0.5, 0.6) is 0 Å². The smallest absolute Gasteiger partial charge is 0.228 e. The Balaban J connectivity index is 1.79. The molecule has 0 spiro atoms. The number of halogens is 1. The van der Waals surface area contributed by atoms with Crippen molar-refractivity contribution in [1.82, 2.24) is 10.3 Å². The average Bonchev–Trinajstić information content (AvgIpc) is 2.98. The molecule has 0 aliphatic rings. The summed E-state index contributed by atoms with van der Waals surface area (Å²) in [5.74, 6) is 0.240. The molecule has 0 radical (unpaired) electrons. The minimum absolute atomic E-state index is 0.134. The summed E-state index contributed by atoms with van der Waals surface area (Å²) in [5, 5.41) is 6.52. The molecule has 0 bridgehead atoms. The third kappa shape index (κ3) is 4.15. The SMILES string of the molecule is CC(C)C(=O)NC(=S)Nc1ccc2oc(-c3ccc(Cl)cc3)nc2c1. The predicted molar refractivity (Wildman–Crippen MR) is 104 cm³/mol. The molecule has 5 nitrogen and oxygen atoms in total. The Morgan fingerprint density at radius 1 is 1.20 bits per heavy atom. The van der Waals surface area contributed by atoms with Gasteiger partial charge in [-0.15, -0.1) is 0 Å². The molecule has 0 aliphatic carbocycles. The van der Waals surface area contributed by atoms with Gasteiger partial charge in [0.05, 0.1) is 0 Å². The lowest BCUT2D eigenvalue weighted by atomic mass is 10.2. The Morgan fingerprint density at radius 3 is 2.60 bits per heavy atom. The van der Waals surface area contributed by atoms with Gasteiger partial charge >= 0.3 is 0 Å². The van der Waals surface area contributed by atoms with Crippen molar-refractivity contribution in [3.63, 3.8) is 0 Å². The summed E-state index contributed by atoms with van der Waals surface area (Å²) in [6, 6.07) is 12.7. The molecule has 2 aromatic carbocycles. The van der Waals surface area contributed by atoms with Crippen LogP contribution in [0.2, 0.25) is 5.02 Å². The van der Waals surface area contributed by atoms with Crippen molar-refractivity contribution in [1.29, 1.82) is 0 Å². The Morgan fingerprint density at radius 2 is 1.92 bits per heavy atom. The van der Waals surface area contributed by atoms with Crippen LogP contribution in [0.1, 0.15) is 13.8 Å². The van der Waals surface area contributed by atoms with E-state index in [-0.39, 0.29) is 16.9 Å². The number of fused-ring (bicyclic) bond motifs is 1. The molecule has 7 heteroatoms. The maximum atomic E-state index is 11.7. The number of carbonyl (C=O) groups excluding carboxylic acids is 1. The van der Waals surface area contributed by atoms with Gasteiger partial charge in [0.15, 0.2) is 10.7 Å². The number of rotatable bonds is 3. The molecular weight excluding hydrogens is 358 g/mol. The summed E-state index contributed by atoms with van der Waals surface area (Å²) in [7, 11) is 0. The molecule has 0 aliphatic heterocycles. The molecule has 0 saturated heterocycles. The number of anilines is 1. The number of hydrogen-bond donors (Lipinski definition) is 2. The fraction of sp³-hybridized carbons (Fsp3) is 0.167. The van der Waals surface area contributed by atoms with Gasteiger partial charge in [0.25, 0.3) is 0 Å². The first-order valence-electron chi connectivity index (χ1n) is 7.71. The van der Waals surface area contributed by atoms with Crippen LogP contribution < -0.4 is 10.6 Å². The number of carbonyl (C=O) groups is 1. The van der Waals surface area contributed by atoms with Crippen LogP contribution in [0.3, 0.4) is 0 Å². The maximum Gasteiger partial charge on any atom is 0.228 e. The quantitative estimate of drug-likeness (QED) is 0.656. The predicted octanol–water partition coefficient (Wildman–Crippen LogP) is 4.62. The highest BCUT2D eigenvalue weighted by Gasteiger charge is 2.11. The highest BCUT2D eigenvalue weighted by Crippen LogP contribution is 2.27. The van der Waals surface area contributed by atoms with E-state index in [4.69, 9.17) is 28.2 Å². The van der Waals surface area contributed by atoms with Crippen molar-refractivity contribution < 1.29 is 9.21 Å². The van der Waals surface area contributed by atoms with Gasteiger partial charge in [0.1, 0.15) is 5.52 Å². The molecule has 25 heavy (non-hydrogen) atoms. The standard InChI is InChI=1S/C18H16ClN3O2S/c1-10(2)16(23)22-18(25)20-13-7-8-15-14(9-13)21-17(24-15)11-3-5-12(19)6-4-11/h3-10H,1-2H3,(H2,20,22,23,25). The van der Waals surface area contributed by atoms with Crippen LogP contribution in [-0.4, -0.2) is 16.0 Å². The summed E-state index contributed by atoms with van der Waals surface area (Å²) in [5.41, 5.74) is 2.91. The van der Waals surface area contributed by atoms with Crippen LogP contribution in [0.25, 0.3) is 22.6 Å². The van der Waals surface area contributed by atoms with E-state index in [0.717, 1.165) is 11.3 Å². The second-order valence-electron chi connectivity index (χ2n) is 5.81. The molecule has 2 N–H and O–H groups in total. The largest absolute Gasteiger partial charge is 0.436 e. The van der Waals surface area contributed by atoms with Crippen LogP contribution in [0.4, 0.5) is 5.69 Å². The highest BCUT2D eigenvalue weighted by molar-refractivity contribution is 7.80. The maximum absolute atomic E-state index is 11.7. The fourth-order valence-electron chi connectivity index (χ4n) is 2.14. The lowest BCUT2D eigenvalue weighted by Gasteiger charge is -2.10. The number of hydrogen-bond acceptors (Lipinski definition) is 4. The van der Waals surface area contributed by atoms with Gasteiger partial charge in [-0.3, -0.25) is 4.79 Å². The van der Waals surface area contributed by atoms with Crippen LogP contribution >= 0.6 is 23.8 Å². The zero-order valence-electron chi connectivity index (χ0n) is 13.7. The van der Waals surface area contributed by atoms with Crippen molar-refractivity contribution in [2.45, 2.75) is 13.8 Å². The Kier molecular flexibility index (Phi) is 5.01. The number of nitrogens with one attached hydrogen (secondary N) is 2. The number of benzene rings is 2. The third-order valence-electron chi connectivity index (χ3n) is 3.50. The average molecular weight is 374 g/mol. The zero-order chi connectivity index (χ0) is 18.0. The van der Waals surface area contributed by atoms with Gasteiger partial charge in [-0.2, -0.15) is 0 Å². The van der Waals surface area contributed by atoms with E-state index in [1.807, 2.05) is 24.3 Å².